The maximum atomic E-state index is 12.3. The zero-order valence-corrected chi connectivity index (χ0v) is 18.7. The quantitative estimate of drug-likeness (QED) is 0.355. The van der Waals surface area contributed by atoms with Crippen LogP contribution in [0.1, 0.15) is 13.3 Å². The van der Waals surface area contributed by atoms with Crippen LogP contribution >= 0.6 is 0 Å². The van der Waals surface area contributed by atoms with E-state index in [4.69, 9.17) is 9.72 Å². The lowest BCUT2D eigenvalue weighted by atomic mass is 9.96. The number of aliphatic hydroxyl groups excluding tert-OH is 1. The van der Waals surface area contributed by atoms with E-state index < -0.39 is 6.10 Å². The van der Waals surface area contributed by atoms with Crippen molar-refractivity contribution in [3.05, 3.63) is 78.9 Å². The number of aromatic nitrogens is 1. The summed E-state index contributed by atoms with van der Waals surface area (Å²) in [5.74, 6) is 0.690. The maximum absolute atomic E-state index is 12.3. The zero-order chi connectivity index (χ0) is 23.2. The maximum Gasteiger partial charge on any atom is 0.319 e. The van der Waals surface area contributed by atoms with E-state index in [9.17, 15) is 9.90 Å². The summed E-state index contributed by atoms with van der Waals surface area (Å²) in [5, 5.41) is 16.0. The summed E-state index contributed by atoms with van der Waals surface area (Å²) in [6.45, 7) is 2.06. The van der Waals surface area contributed by atoms with Gasteiger partial charge in [0.15, 0.2) is 0 Å². The predicted octanol–water partition coefficient (Wildman–Crippen LogP) is 5.47. The number of nitrogens with zero attached hydrogens (tertiary/aromatic N) is 1. The summed E-state index contributed by atoms with van der Waals surface area (Å²) in [7, 11) is 1.65. The molecule has 1 atom stereocenters. The van der Waals surface area contributed by atoms with E-state index in [0.29, 0.717) is 17.9 Å². The average molecular weight is 442 g/mol. The Hall–Kier alpha value is -3.90. The Labute approximate surface area is 193 Å². The summed E-state index contributed by atoms with van der Waals surface area (Å²) in [5.41, 5.74) is 5.08. The number of hydrogen-bond acceptors (Lipinski definition) is 4. The van der Waals surface area contributed by atoms with Crippen LogP contribution in [-0.4, -0.2) is 35.9 Å². The fraction of sp³-hybridized carbons (Fsp3) is 0.185. The summed E-state index contributed by atoms with van der Waals surface area (Å²) >= 11 is 0. The third-order valence-corrected chi connectivity index (χ3v) is 5.48. The van der Waals surface area contributed by atoms with Gasteiger partial charge in [-0.25, -0.2) is 9.78 Å². The van der Waals surface area contributed by atoms with E-state index in [1.54, 1.807) is 7.11 Å². The summed E-state index contributed by atoms with van der Waals surface area (Å²) in [6, 6.07) is 25.2. The van der Waals surface area contributed by atoms with Crippen molar-refractivity contribution < 1.29 is 14.6 Å². The number of carbonyl (C=O) groups is 1. The van der Waals surface area contributed by atoms with Crippen LogP contribution in [0.2, 0.25) is 0 Å². The lowest BCUT2D eigenvalue weighted by Gasteiger charge is -2.18. The van der Waals surface area contributed by atoms with Gasteiger partial charge in [-0.1, -0.05) is 67.6 Å². The molecule has 0 aliphatic heterocycles. The van der Waals surface area contributed by atoms with Crippen LogP contribution in [0.25, 0.3) is 33.3 Å². The minimum atomic E-state index is -0.568. The molecule has 0 saturated carbocycles. The summed E-state index contributed by atoms with van der Waals surface area (Å²) in [4.78, 5) is 17.3. The Morgan fingerprint density at radius 1 is 1.00 bits per heavy atom. The number of nitrogens with one attached hydrogen (secondary N) is 2. The highest BCUT2D eigenvalue weighted by Gasteiger charge is 2.19. The Morgan fingerprint density at radius 3 is 2.30 bits per heavy atom. The number of ether oxygens (including phenoxy) is 1. The molecule has 0 unspecified atom stereocenters. The van der Waals surface area contributed by atoms with Crippen LogP contribution < -0.4 is 15.4 Å². The van der Waals surface area contributed by atoms with Crippen molar-refractivity contribution in [1.82, 2.24) is 10.3 Å². The fourth-order valence-electron chi connectivity index (χ4n) is 3.73. The van der Waals surface area contributed by atoms with Gasteiger partial charge >= 0.3 is 6.03 Å². The van der Waals surface area contributed by atoms with E-state index >= 15 is 0 Å². The largest absolute Gasteiger partial charge is 0.495 e. The van der Waals surface area contributed by atoms with Gasteiger partial charge in [0, 0.05) is 23.2 Å². The van der Waals surface area contributed by atoms with Crippen molar-refractivity contribution in [2.24, 2.45) is 0 Å². The molecule has 6 heteroatoms. The highest BCUT2D eigenvalue weighted by atomic mass is 16.5. The molecule has 0 fully saturated rings. The molecule has 2 amide bonds. The standard InChI is InChI=1S/C27H27N3O3/c1-3-21(31)17-28-27(32)29-20-14-15-23-22(16-20)26(33-2)24(18-10-6-4-7-11-18)25(30-23)19-12-8-5-9-13-19/h4-16,21,31H,3,17H2,1-2H3,(H2,28,29,32)/t21-/m1/s1. The Balaban J connectivity index is 1.81. The molecule has 0 radical (unpaired) electrons. The van der Waals surface area contributed by atoms with Gasteiger partial charge in [0.1, 0.15) is 5.75 Å². The SMILES string of the molecule is CC[C@@H](O)CNC(=O)Nc1ccc2nc(-c3ccccc3)c(-c3ccccc3)c(OC)c2c1. The molecular weight excluding hydrogens is 414 g/mol. The van der Waals surface area contributed by atoms with Crippen LogP contribution in [0, 0.1) is 0 Å². The number of rotatable bonds is 7. The lowest BCUT2D eigenvalue weighted by Crippen LogP contribution is -2.34. The molecule has 168 valence electrons. The molecule has 0 spiro atoms. The molecule has 4 rings (SSSR count). The third kappa shape index (κ3) is 4.96. The van der Waals surface area contributed by atoms with Gasteiger partial charge in [-0.15, -0.1) is 0 Å². The van der Waals surface area contributed by atoms with E-state index in [2.05, 4.69) is 10.6 Å². The molecular formula is C27H27N3O3. The number of carbonyl (C=O) groups excluding carboxylic acids is 1. The number of benzene rings is 3. The second kappa shape index (κ2) is 10.1. The first kappa shape index (κ1) is 22.3. The van der Waals surface area contributed by atoms with Gasteiger partial charge in [-0.05, 0) is 30.2 Å². The van der Waals surface area contributed by atoms with Crippen molar-refractivity contribution in [3.63, 3.8) is 0 Å². The molecule has 0 bridgehead atoms. The molecule has 1 heterocycles. The smallest absolute Gasteiger partial charge is 0.319 e. The van der Waals surface area contributed by atoms with E-state index in [1.807, 2.05) is 85.8 Å². The van der Waals surface area contributed by atoms with Crippen LogP contribution in [-0.2, 0) is 0 Å². The van der Waals surface area contributed by atoms with Crippen LogP contribution in [0.5, 0.6) is 5.75 Å². The van der Waals surface area contributed by atoms with Crippen LogP contribution in [0.3, 0.4) is 0 Å². The van der Waals surface area contributed by atoms with E-state index in [0.717, 1.165) is 33.3 Å². The molecule has 33 heavy (non-hydrogen) atoms. The molecule has 0 aliphatic rings. The number of urea groups is 1. The molecule has 0 aliphatic carbocycles. The number of aliphatic hydroxyl groups is 1. The number of anilines is 1. The molecule has 0 saturated heterocycles. The minimum Gasteiger partial charge on any atom is -0.495 e. The highest BCUT2D eigenvalue weighted by molar-refractivity contribution is 6.01. The van der Waals surface area contributed by atoms with E-state index in [-0.39, 0.29) is 12.6 Å². The molecule has 3 aromatic carbocycles. The first-order valence-corrected chi connectivity index (χ1v) is 11.0. The summed E-state index contributed by atoms with van der Waals surface area (Å²) < 4.78 is 5.93. The van der Waals surface area contributed by atoms with Gasteiger partial charge in [0.05, 0.1) is 30.0 Å². The third-order valence-electron chi connectivity index (χ3n) is 5.48. The minimum absolute atomic E-state index is 0.194. The molecule has 4 aromatic rings. The number of methoxy groups -OCH3 is 1. The topological polar surface area (TPSA) is 83.5 Å². The molecule has 6 nitrogen and oxygen atoms in total. The zero-order valence-electron chi connectivity index (χ0n) is 18.7. The Morgan fingerprint density at radius 2 is 1.67 bits per heavy atom. The van der Waals surface area contributed by atoms with Gasteiger partial charge in [0.25, 0.3) is 0 Å². The first-order chi connectivity index (χ1) is 16.1. The number of amides is 2. The second-order valence-electron chi connectivity index (χ2n) is 7.73. The number of pyridine rings is 1. The Bertz CT molecular complexity index is 1240. The highest BCUT2D eigenvalue weighted by Crippen LogP contribution is 2.43. The Kier molecular flexibility index (Phi) is 6.86. The van der Waals surface area contributed by atoms with Crippen molar-refractivity contribution >= 4 is 22.6 Å². The van der Waals surface area contributed by atoms with Crippen LogP contribution in [0.15, 0.2) is 78.9 Å². The second-order valence-corrected chi connectivity index (χ2v) is 7.73. The van der Waals surface area contributed by atoms with Crippen molar-refractivity contribution in [1.29, 1.82) is 0 Å². The molecule has 3 N–H and O–H groups in total. The number of fused-ring (bicyclic) bond motifs is 1. The summed E-state index contributed by atoms with van der Waals surface area (Å²) in [6.07, 6.45) is 0.00647. The monoisotopic (exact) mass is 441 g/mol. The molecule has 1 aromatic heterocycles. The van der Waals surface area contributed by atoms with Crippen molar-refractivity contribution in [2.75, 3.05) is 19.0 Å². The lowest BCUT2D eigenvalue weighted by molar-refractivity contribution is 0.168. The van der Waals surface area contributed by atoms with Gasteiger partial charge < -0.3 is 20.5 Å². The van der Waals surface area contributed by atoms with Gasteiger partial charge in [0.2, 0.25) is 0 Å². The number of hydrogen-bond donors (Lipinski definition) is 3. The average Bonchev–Trinajstić information content (AvgIpc) is 2.87. The van der Waals surface area contributed by atoms with Gasteiger partial charge in [-0.3, -0.25) is 0 Å². The predicted molar refractivity (Wildman–Crippen MR) is 132 cm³/mol. The first-order valence-electron chi connectivity index (χ1n) is 11.0. The fourth-order valence-corrected chi connectivity index (χ4v) is 3.73. The van der Waals surface area contributed by atoms with E-state index in [1.165, 1.54) is 0 Å². The van der Waals surface area contributed by atoms with Crippen molar-refractivity contribution in [3.8, 4) is 28.1 Å². The normalized spacial score (nSPS) is 11.7. The van der Waals surface area contributed by atoms with Crippen LogP contribution in [0.4, 0.5) is 10.5 Å². The van der Waals surface area contributed by atoms with Gasteiger partial charge in [-0.2, -0.15) is 0 Å². The van der Waals surface area contributed by atoms with Crippen molar-refractivity contribution in [2.45, 2.75) is 19.4 Å².